The molecule has 0 aliphatic carbocycles. The second-order valence-electron chi connectivity index (χ2n) is 7.63. The molecule has 1 atom stereocenters. The number of hydrogen-bond acceptors (Lipinski definition) is 6. The number of aromatic nitrogens is 2. The molecule has 1 unspecified atom stereocenters. The molecule has 11 heteroatoms. The lowest BCUT2D eigenvalue weighted by Crippen LogP contribution is -2.53. The lowest BCUT2D eigenvalue weighted by molar-refractivity contribution is -0.137. The smallest absolute Gasteiger partial charge is 0.246 e. The third-order valence-corrected chi connectivity index (χ3v) is 8.57. The summed E-state index contributed by atoms with van der Waals surface area (Å²) >= 11 is 12.2. The third-order valence-electron chi connectivity index (χ3n) is 5.71. The van der Waals surface area contributed by atoms with Crippen molar-refractivity contribution in [1.29, 1.82) is 0 Å². The highest BCUT2D eigenvalue weighted by Gasteiger charge is 2.35. The summed E-state index contributed by atoms with van der Waals surface area (Å²) in [6, 6.07) is 4.62. The largest absolute Gasteiger partial charge is 0.355 e. The van der Waals surface area contributed by atoms with Crippen LogP contribution in [0, 0.1) is 5.92 Å². The number of halogens is 2. The highest BCUT2D eigenvalue weighted by Crippen LogP contribution is 2.32. The van der Waals surface area contributed by atoms with Crippen molar-refractivity contribution in [2.24, 2.45) is 5.92 Å². The van der Waals surface area contributed by atoms with Gasteiger partial charge in [-0.15, -0.1) is 0 Å². The van der Waals surface area contributed by atoms with Crippen LogP contribution in [-0.2, 0) is 14.8 Å². The van der Waals surface area contributed by atoms with Gasteiger partial charge in [0, 0.05) is 51.7 Å². The number of sulfonamides is 1. The number of piperidine rings is 1. The quantitative estimate of drug-likeness (QED) is 0.663. The Morgan fingerprint density at radius 3 is 2.39 bits per heavy atom. The number of carbonyl (C=O) groups is 1. The van der Waals surface area contributed by atoms with Gasteiger partial charge in [-0.1, -0.05) is 29.3 Å². The van der Waals surface area contributed by atoms with Crippen LogP contribution in [0.15, 0.2) is 41.7 Å². The number of amides is 1. The fourth-order valence-electron chi connectivity index (χ4n) is 4.11. The molecule has 0 saturated carbocycles. The zero-order valence-electron chi connectivity index (χ0n) is 16.8. The first kappa shape index (κ1) is 22.3. The van der Waals surface area contributed by atoms with E-state index in [2.05, 4.69) is 14.9 Å². The molecule has 2 saturated heterocycles. The molecule has 2 fully saturated rings. The number of anilines is 1. The van der Waals surface area contributed by atoms with Crippen LogP contribution < -0.4 is 4.90 Å². The topological polar surface area (TPSA) is 86.7 Å². The normalized spacial score (nSPS) is 20.6. The first-order valence-electron chi connectivity index (χ1n) is 10.1. The highest BCUT2D eigenvalue weighted by molar-refractivity contribution is 7.89. The van der Waals surface area contributed by atoms with Gasteiger partial charge in [0.25, 0.3) is 0 Å². The van der Waals surface area contributed by atoms with Crippen molar-refractivity contribution in [2.45, 2.75) is 17.7 Å². The van der Waals surface area contributed by atoms with E-state index < -0.39 is 10.0 Å². The molecule has 166 valence electrons. The van der Waals surface area contributed by atoms with Gasteiger partial charge < -0.3 is 9.80 Å². The summed E-state index contributed by atoms with van der Waals surface area (Å²) in [5, 5.41) is 0.189. The molecule has 4 rings (SSSR count). The maximum atomic E-state index is 13.1. The maximum Gasteiger partial charge on any atom is 0.246 e. The van der Waals surface area contributed by atoms with Gasteiger partial charge in [-0.3, -0.25) is 9.78 Å². The van der Waals surface area contributed by atoms with Gasteiger partial charge in [0.05, 0.1) is 22.2 Å². The average molecular weight is 484 g/mol. The van der Waals surface area contributed by atoms with Gasteiger partial charge in [0.1, 0.15) is 10.7 Å². The molecular weight excluding hydrogens is 461 g/mol. The number of hydrogen-bond donors (Lipinski definition) is 0. The summed E-state index contributed by atoms with van der Waals surface area (Å²) in [6.07, 6.45) is 6.68. The van der Waals surface area contributed by atoms with Crippen LogP contribution in [0.4, 0.5) is 5.82 Å². The van der Waals surface area contributed by atoms with Crippen molar-refractivity contribution in [3.63, 3.8) is 0 Å². The van der Waals surface area contributed by atoms with E-state index in [0.29, 0.717) is 19.6 Å². The minimum absolute atomic E-state index is 0.0569. The van der Waals surface area contributed by atoms with Crippen molar-refractivity contribution in [3.8, 4) is 0 Å². The van der Waals surface area contributed by atoms with Crippen LogP contribution in [0.25, 0.3) is 0 Å². The van der Waals surface area contributed by atoms with E-state index in [1.165, 1.54) is 16.4 Å². The molecule has 1 aromatic heterocycles. The molecule has 0 bridgehead atoms. The van der Waals surface area contributed by atoms with Crippen molar-refractivity contribution in [1.82, 2.24) is 19.2 Å². The lowest BCUT2D eigenvalue weighted by Gasteiger charge is -2.38. The summed E-state index contributed by atoms with van der Waals surface area (Å²) < 4.78 is 27.4. The number of carbonyl (C=O) groups excluding carboxylic acids is 1. The molecule has 0 radical (unpaired) electrons. The number of benzene rings is 1. The van der Waals surface area contributed by atoms with Gasteiger partial charge in [0.2, 0.25) is 15.9 Å². The van der Waals surface area contributed by atoms with Crippen molar-refractivity contribution in [3.05, 3.63) is 46.8 Å². The predicted molar refractivity (Wildman–Crippen MR) is 119 cm³/mol. The van der Waals surface area contributed by atoms with Crippen LogP contribution >= 0.6 is 23.2 Å². The van der Waals surface area contributed by atoms with Crippen molar-refractivity contribution < 1.29 is 13.2 Å². The minimum Gasteiger partial charge on any atom is -0.355 e. The van der Waals surface area contributed by atoms with E-state index in [1.807, 2.05) is 0 Å². The lowest BCUT2D eigenvalue weighted by atomic mass is 9.96. The van der Waals surface area contributed by atoms with Crippen LogP contribution in [0.1, 0.15) is 12.8 Å². The highest BCUT2D eigenvalue weighted by atomic mass is 35.5. The van der Waals surface area contributed by atoms with E-state index in [4.69, 9.17) is 23.2 Å². The Morgan fingerprint density at radius 2 is 1.74 bits per heavy atom. The van der Waals surface area contributed by atoms with Crippen molar-refractivity contribution in [2.75, 3.05) is 44.2 Å². The standard InChI is InChI=1S/C20H23Cl2N5O3S/c21-16-4-1-5-17(22)19(16)31(29,30)27-11-9-25(10-12-27)20(28)15-3-2-8-26(14-15)18-13-23-6-7-24-18/h1,4-7,13,15H,2-3,8-12,14H2. The fourth-order valence-corrected chi connectivity index (χ4v) is 6.62. The van der Waals surface area contributed by atoms with Gasteiger partial charge >= 0.3 is 0 Å². The maximum absolute atomic E-state index is 13.1. The number of rotatable bonds is 4. The zero-order chi connectivity index (χ0) is 22.0. The molecule has 1 aromatic carbocycles. The second kappa shape index (κ2) is 9.28. The van der Waals surface area contributed by atoms with Gasteiger partial charge in [-0.2, -0.15) is 4.31 Å². The molecular formula is C20H23Cl2N5O3S. The monoisotopic (exact) mass is 483 g/mol. The molecule has 0 N–H and O–H groups in total. The fraction of sp³-hybridized carbons (Fsp3) is 0.450. The minimum atomic E-state index is -3.83. The van der Waals surface area contributed by atoms with Gasteiger partial charge in [-0.05, 0) is 25.0 Å². The summed E-state index contributed by atoms with van der Waals surface area (Å²) in [5.74, 6) is 0.686. The first-order chi connectivity index (χ1) is 14.9. The number of nitrogens with zero attached hydrogens (tertiary/aromatic N) is 5. The van der Waals surface area contributed by atoms with Crippen LogP contribution in [0.3, 0.4) is 0 Å². The Labute approximate surface area is 191 Å². The Balaban J connectivity index is 1.40. The summed E-state index contributed by atoms with van der Waals surface area (Å²) in [6.45, 7) is 2.51. The third kappa shape index (κ3) is 4.64. The molecule has 8 nitrogen and oxygen atoms in total. The molecule has 31 heavy (non-hydrogen) atoms. The average Bonchev–Trinajstić information content (AvgIpc) is 2.79. The van der Waals surface area contributed by atoms with E-state index >= 15 is 0 Å². The van der Waals surface area contributed by atoms with Crippen molar-refractivity contribution >= 4 is 45.0 Å². The van der Waals surface area contributed by atoms with Crippen LogP contribution in [0.2, 0.25) is 10.0 Å². The van der Waals surface area contributed by atoms with E-state index in [0.717, 1.165) is 25.2 Å². The predicted octanol–water partition coefficient (Wildman–Crippen LogP) is 2.53. The summed E-state index contributed by atoms with van der Waals surface area (Å²) in [5.41, 5.74) is 0. The SMILES string of the molecule is O=C(C1CCCN(c2cnccn2)C1)N1CCN(S(=O)(=O)c2c(Cl)cccc2Cl)CC1. The Bertz CT molecular complexity index is 1030. The summed E-state index contributed by atoms with van der Waals surface area (Å²) in [7, 11) is -3.83. The summed E-state index contributed by atoms with van der Waals surface area (Å²) in [4.78, 5) is 25.3. The Kier molecular flexibility index (Phi) is 6.66. The molecule has 2 aromatic rings. The first-order valence-corrected chi connectivity index (χ1v) is 12.3. The Morgan fingerprint density at radius 1 is 1.03 bits per heavy atom. The van der Waals surface area contributed by atoms with E-state index in [-0.39, 0.29) is 39.9 Å². The van der Waals surface area contributed by atoms with Crippen LogP contribution in [-0.4, -0.2) is 72.8 Å². The molecule has 2 aliphatic rings. The van der Waals surface area contributed by atoms with Crippen LogP contribution in [0.5, 0.6) is 0 Å². The van der Waals surface area contributed by atoms with Gasteiger partial charge in [0.15, 0.2) is 0 Å². The van der Waals surface area contributed by atoms with E-state index in [1.54, 1.807) is 29.6 Å². The zero-order valence-corrected chi connectivity index (χ0v) is 19.2. The van der Waals surface area contributed by atoms with E-state index in [9.17, 15) is 13.2 Å². The Hall–Kier alpha value is -1.94. The number of piperazine rings is 1. The molecule has 3 heterocycles. The van der Waals surface area contributed by atoms with Gasteiger partial charge in [-0.25, -0.2) is 13.4 Å². The molecule has 0 spiro atoms. The molecule has 1 amide bonds. The molecule has 2 aliphatic heterocycles. The second-order valence-corrected chi connectivity index (χ2v) is 10.3.